The van der Waals surface area contributed by atoms with Gasteiger partial charge in [-0.2, -0.15) is 4.73 Å². The molecule has 1 saturated carbocycles. The molecule has 0 bridgehead atoms. The Hall–Kier alpha value is -2.22. The summed E-state index contributed by atoms with van der Waals surface area (Å²) in [6.07, 6.45) is 3.76. The first-order chi connectivity index (χ1) is 12.9. The third-order valence-corrected chi connectivity index (χ3v) is 4.77. The number of hydrogen-bond acceptors (Lipinski definition) is 5. The van der Waals surface area contributed by atoms with E-state index in [4.69, 9.17) is 32.7 Å². The molecule has 0 spiro atoms. The van der Waals surface area contributed by atoms with Gasteiger partial charge in [0.05, 0.1) is 35.7 Å². The number of halogens is 2. The highest BCUT2D eigenvalue weighted by molar-refractivity contribution is 6.34. The van der Waals surface area contributed by atoms with Gasteiger partial charge in [-0.1, -0.05) is 23.2 Å². The minimum Gasteiger partial charge on any atom is -0.493 e. The Labute approximate surface area is 165 Å². The van der Waals surface area contributed by atoms with Gasteiger partial charge < -0.3 is 19.8 Å². The molecule has 144 valence electrons. The fraction of sp³-hybridized carbons (Fsp3) is 0.333. The summed E-state index contributed by atoms with van der Waals surface area (Å²) in [4.78, 5) is 16.5. The number of carbonyl (C=O) groups excluding carboxylic acids is 1. The number of pyridine rings is 1. The standard InChI is InChI=1S/C18H18Cl2N2O5/c1-26-15-5-2-10(6-16(15)27-12-4-3-11(23)7-12)18(24)21-17-13(19)8-22(25)9-14(17)20/h2,5-6,8-9,11-12,23,25H,3-4,7H2,1H3. The van der Waals surface area contributed by atoms with E-state index in [0.29, 0.717) is 29.1 Å². The topological polar surface area (TPSA) is 93.3 Å². The van der Waals surface area contributed by atoms with Crippen LogP contribution in [0.3, 0.4) is 0 Å². The van der Waals surface area contributed by atoms with Crippen molar-refractivity contribution in [2.24, 2.45) is 4.99 Å². The van der Waals surface area contributed by atoms with Crippen LogP contribution in [0.4, 0.5) is 0 Å². The molecule has 1 aliphatic carbocycles. The average Bonchev–Trinajstić information content (AvgIpc) is 3.02. The number of benzene rings is 1. The van der Waals surface area contributed by atoms with Gasteiger partial charge in [0.1, 0.15) is 11.5 Å². The Bertz CT molecular complexity index is 902. The molecule has 1 amide bonds. The largest absolute Gasteiger partial charge is 0.493 e. The van der Waals surface area contributed by atoms with Crippen molar-refractivity contribution < 1.29 is 24.6 Å². The van der Waals surface area contributed by atoms with E-state index in [1.54, 1.807) is 12.1 Å². The van der Waals surface area contributed by atoms with Gasteiger partial charge in [0, 0.05) is 12.0 Å². The predicted octanol–water partition coefficient (Wildman–Crippen LogP) is 3.07. The lowest BCUT2D eigenvalue weighted by atomic mass is 10.2. The maximum absolute atomic E-state index is 12.6. The van der Waals surface area contributed by atoms with Crippen molar-refractivity contribution >= 4 is 29.1 Å². The highest BCUT2D eigenvalue weighted by Gasteiger charge is 2.25. The molecule has 0 saturated heterocycles. The van der Waals surface area contributed by atoms with Crippen LogP contribution in [0.1, 0.15) is 29.6 Å². The fourth-order valence-electron chi connectivity index (χ4n) is 2.88. The quantitative estimate of drug-likeness (QED) is 0.752. The lowest BCUT2D eigenvalue weighted by molar-refractivity contribution is 0.0996. The molecule has 2 unspecified atom stereocenters. The van der Waals surface area contributed by atoms with Gasteiger partial charge in [0.15, 0.2) is 11.5 Å². The number of methoxy groups -OCH3 is 1. The van der Waals surface area contributed by atoms with Crippen LogP contribution in [0, 0.1) is 0 Å². The molecule has 0 aliphatic heterocycles. The summed E-state index contributed by atoms with van der Waals surface area (Å²) in [5.41, 5.74) is 0.261. The van der Waals surface area contributed by atoms with E-state index < -0.39 is 5.91 Å². The van der Waals surface area contributed by atoms with Gasteiger partial charge in [-0.3, -0.25) is 4.79 Å². The SMILES string of the molecule is COc1ccc(C(=O)N=c2c(Cl)cn(O)cc2Cl)cc1OC1CCC(O)C1. The molecule has 1 aliphatic rings. The first kappa shape index (κ1) is 19.5. The van der Waals surface area contributed by atoms with Gasteiger partial charge in [0.25, 0.3) is 5.91 Å². The van der Waals surface area contributed by atoms with Crippen molar-refractivity contribution in [3.63, 3.8) is 0 Å². The minimum absolute atomic E-state index is 0.0308. The van der Waals surface area contributed by atoms with Crippen LogP contribution in [0.15, 0.2) is 35.6 Å². The smallest absolute Gasteiger partial charge is 0.277 e. The number of aliphatic hydroxyl groups excluding tert-OH is 1. The molecular formula is C18H18Cl2N2O5. The lowest BCUT2D eigenvalue weighted by Gasteiger charge is -2.16. The van der Waals surface area contributed by atoms with Gasteiger partial charge in [-0.25, -0.2) is 4.99 Å². The number of aliphatic hydroxyl groups is 1. The van der Waals surface area contributed by atoms with Crippen LogP contribution in [-0.4, -0.2) is 40.3 Å². The Morgan fingerprint density at radius 3 is 2.52 bits per heavy atom. The van der Waals surface area contributed by atoms with E-state index in [9.17, 15) is 15.1 Å². The molecule has 7 nitrogen and oxygen atoms in total. The normalized spacial score (nSPS) is 19.0. The number of aromatic nitrogens is 1. The van der Waals surface area contributed by atoms with Crippen LogP contribution in [-0.2, 0) is 0 Å². The summed E-state index contributed by atoms with van der Waals surface area (Å²) in [7, 11) is 1.51. The van der Waals surface area contributed by atoms with Crippen LogP contribution >= 0.6 is 23.2 Å². The summed E-state index contributed by atoms with van der Waals surface area (Å²) in [5.74, 6) is 0.301. The van der Waals surface area contributed by atoms with Gasteiger partial charge in [-0.15, -0.1) is 0 Å². The third kappa shape index (κ3) is 4.55. The van der Waals surface area contributed by atoms with Crippen molar-refractivity contribution in [1.82, 2.24) is 4.73 Å². The zero-order chi connectivity index (χ0) is 19.6. The summed E-state index contributed by atoms with van der Waals surface area (Å²) < 4.78 is 11.9. The monoisotopic (exact) mass is 412 g/mol. The van der Waals surface area contributed by atoms with E-state index in [0.717, 1.165) is 6.42 Å². The summed E-state index contributed by atoms with van der Waals surface area (Å²) in [6, 6.07) is 4.70. The number of carbonyl (C=O) groups is 1. The predicted molar refractivity (Wildman–Crippen MR) is 98.8 cm³/mol. The van der Waals surface area contributed by atoms with Crippen LogP contribution < -0.4 is 14.8 Å². The van der Waals surface area contributed by atoms with Gasteiger partial charge >= 0.3 is 0 Å². The minimum atomic E-state index is -0.576. The first-order valence-electron chi connectivity index (χ1n) is 8.25. The molecular weight excluding hydrogens is 395 g/mol. The number of hydrogen-bond donors (Lipinski definition) is 2. The Balaban J connectivity index is 1.91. The number of amides is 1. The van der Waals surface area contributed by atoms with Crippen molar-refractivity contribution in [2.75, 3.05) is 7.11 Å². The molecule has 0 radical (unpaired) electrons. The number of nitrogens with zero attached hydrogens (tertiary/aromatic N) is 2. The second-order valence-electron chi connectivity index (χ2n) is 6.17. The molecule has 1 aromatic carbocycles. The van der Waals surface area contributed by atoms with Crippen LogP contribution in [0.5, 0.6) is 11.5 Å². The first-order valence-corrected chi connectivity index (χ1v) is 9.01. The van der Waals surface area contributed by atoms with E-state index in [1.807, 2.05) is 0 Å². The van der Waals surface area contributed by atoms with Crippen molar-refractivity contribution in [3.8, 4) is 11.5 Å². The molecule has 1 heterocycles. The zero-order valence-electron chi connectivity index (χ0n) is 14.4. The zero-order valence-corrected chi connectivity index (χ0v) is 15.9. The highest BCUT2D eigenvalue weighted by atomic mass is 35.5. The maximum Gasteiger partial charge on any atom is 0.277 e. The summed E-state index contributed by atoms with van der Waals surface area (Å²) in [6.45, 7) is 0. The third-order valence-electron chi connectivity index (χ3n) is 4.22. The second kappa shape index (κ2) is 8.21. The molecule has 9 heteroatoms. The molecule has 3 rings (SSSR count). The van der Waals surface area contributed by atoms with Gasteiger partial charge in [0.2, 0.25) is 0 Å². The van der Waals surface area contributed by atoms with E-state index >= 15 is 0 Å². The molecule has 2 N–H and O–H groups in total. The second-order valence-corrected chi connectivity index (χ2v) is 6.99. The van der Waals surface area contributed by atoms with Crippen molar-refractivity contribution in [3.05, 3.63) is 51.6 Å². The molecule has 2 aromatic rings. The summed E-state index contributed by atoms with van der Waals surface area (Å²) >= 11 is 12.0. The van der Waals surface area contributed by atoms with E-state index in [2.05, 4.69) is 4.99 Å². The van der Waals surface area contributed by atoms with Gasteiger partial charge in [-0.05, 0) is 31.0 Å². The molecule has 1 aromatic heterocycles. The molecule has 27 heavy (non-hydrogen) atoms. The van der Waals surface area contributed by atoms with Crippen molar-refractivity contribution in [2.45, 2.75) is 31.5 Å². The maximum atomic E-state index is 12.6. The Morgan fingerprint density at radius 2 is 1.93 bits per heavy atom. The van der Waals surface area contributed by atoms with E-state index in [1.165, 1.54) is 25.6 Å². The van der Waals surface area contributed by atoms with Crippen LogP contribution in [0.25, 0.3) is 0 Å². The Kier molecular flexibility index (Phi) is 5.94. The van der Waals surface area contributed by atoms with Crippen LogP contribution in [0.2, 0.25) is 10.0 Å². The average molecular weight is 413 g/mol. The lowest BCUT2D eigenvalue weighted by Crippen LogP contribution is -2.15. The van der Waals surface area contributed by atoms with Crippen molar-refractivity contribution in [1.29, 1.82) is 0 Å². The molecule has 2 atom stereocenters. The fourth-order valence-corrected chi connectivity index (χ4v) is 3.42. The number of ether oxygens (including phenoxy) is 2. The highest BCUT2D eigenvalue weighted by Crippen LogP contribution is 2.32. The number of rotatable bonds is 4. The molecule has 1 fully saturated rings. The Morgan fingerprint density at radius 1 is 1.22 bits per heavy atom. The van der Waals surface area contributed by atoms with E-state index in [-0.39, 0.29) is 33.2 Å². The summed E-state index contributed by atoms with van der Waals surface area (Å²) in [5, 5.41) is 19.2.